The van der Waals surface area contributed by atoms with Gasteiger partial charge in [-0.3, -0.25) is 9.59 Å². The Kier molecular flexibility index (Phi) is 8.01. The van der Waals surface area contributed by atoms with E-state index in [0.29, 0.717) is 0 Å². The maximum absolute atomic E-state index is 13.3. The van der Waals surface area contributed by atoms with Gasteiger partial charge in [0.2, 0.25) is 0 Å². The molecule has 2 aromatic carbocycles. The Labute approximate surface area is 191 Å². The van der Waals surface area contributed by atoms with Crippen LogP contribution >= 0.6 is 0 Å². The van der Waals surface area contributed by atoms with Crippen molar-refractivity contribution in [3.8, 4) is 0 Å². The number of nitrogens with zero attached hydrogens (tertiary/aromatic N) is 2. The van der Waals surface area contributed by atoms with E-state index >= 15 is 0 Å². The summed E-state index contributed by atoms with van der Waals surface area (Å²) in [6, 6.07) is 16.7. The summed E-state index contributed by atoms with van der Waals surface area (Å²) < 4.78 is 52.4. The first-order valence-corrected chi connectivity index (χ1v) is 9.69. The van der Waals surface area contributed by atoms with E-state index in [-0.39, 0.29) is 22.8 Å². The Balaban J connectivity index is 0.000000191. The molecule has 4 aromatic rings. The Hall–Kier alpha value is -4.60. The molecule has 0 saturated carbocycles. The van der Waals surface area contributed by atoms with Gasteiger partial charge >= 0.3 is 0 Å². The van der Waals surface area contributed by atoms with E-state index in [9.17, 15) is 27.2 Å². The predicted molar refractivity (Wildman–Crippen MR) is 117 cm³/mol. The number of halogens is 4. The van der Waals surface area contributed by atoms with Crippen LogP contribution in [-0.2, 0) is 0 Å². The molecule has 0 aliphatic rings. The molecule has 0 aliphatic heterocycles. The highest BCUT2D eigenvalue weighted by atomic mass is 19.2. The second-order valence-corrected chi connectivity index (χ2v) is 6.54. The molecule has 2 N–H and O–H groups in total. The molecule has 0 unspecified atom stereocenters. The molecule has 0 radical (unpaired) electrons. The highest BCUT2D eigenvalue weighted by Crippen LogP contribution is 2.14. The van der Waals surface area contributed by atoms with Crippen LogP contribution in [0.5, 0.6) is 0 Å². The quantitative estimate of drug-likeness (QED) is 0.402. The second kappa shape index (κ2) is 11.3. The summed E-state index contributed by atoms with van der Waals surface area (Å²) in [6.45, 7) is 0. The summed E-state index contributed by atoms with van der Waals surface area (Å²) in [5.74, 6) is -5.36. The number of anilines is 2. The molecule has 34 heavy (non-hydrogen) atoms. The summed E-state index contributed by atoms with van der Waals surface area (Å²) in [5.41, 5.74) is -0.702. The number of benzene rings is 2. The van der Waals surface area contributed by atoms with Crippen molar-refractivity contribution in [2.24, 2.45) is 0 Å². The fourth-order valence-electron chi connectivity index (χ4n) is 2.60. The Morgan fingerprint density at radius 2 is 0.971 bits per heavy atom. The fraction of sp³-hybridized carbons (Fsp3) is 0. The van der Waals surface area contributed by atoms with Crippen molar-refractivity contribution in [2.45, 2.75) is 0 Å². The number of hydrogen-bond donors (Lipinski definition) is 2. The summed E-state index contributed by atoms with van der Waals surface area (Å²) in [5, 5.41) is 4.74. The van der Waals surface area contributed by atoms with Gasteiger partial charge in [0.1, 0.15) is 11.6 Å². The van der Waals surface area contributed by atoms with Crippen LogP contribution < -0.4 is 10.6 Å². The molecule has 0 atom stereocenters. The highest BCUT2D eigenvalue weighted by molar-refractivity contribution is 6.04. The van der Waals surface area contributed by atoms with E-state index in [1.807, 2.05) is 0 Å². The average molecular weight is 468 g/mol. The normalized spacial score (nSPS) is 10.0. The van der Waals surface area contributed by atoms with Crippen LogP contribution in [0.15, 0.2) is 85.2 Å². The van der Waals surface area contributed by atoms with Gasteiger partial charge in [-0.2, -0.15) is 0 Å². The molecule has 0 spiro atoms. The van der Waals surface area contributed by atoms with Gasteiger partial charge in [0.15, 0.2) is 23.3 Å². The van der Waals surface area contributed by atoms with Gasteiger partial charge in [-0.25, -0.2) is 27.5 Å². The lowest BCUT2D eigenvalue weighted by atomic mass is 10.2. The van der Waals surface area contributed by atoms with Gasteiger partial charge in [0.25, 0.3) is 11.8 Å². The van der Waals surface area contributed by atoms with Crippen molar-refractivity contribution in [3.05, 3.63) is 120 Å². The minimum atomic E-state index is -1.17. The molecule has 0 aliphatic carbocycles. The lowest BCUT2D eigenvalue weighted by Crippen LogP contribution is -2.15. The van der Waals surface area contributed by atoms with E-state index < -0.39 is 35.1 Å². The number of carbonyl (C=O) groups excluding carboxylic acids is 2. The molecule has 2 amide bonds. The molecule has 10 heteroatoms. The number of hydrogen-bond acceptors (Lipinski definition) is 4. The van der Waals surface area contributed by atoms with Gasteiger partial charge in [-0.05, 0) is 48.5 Å². The lowest BCUT2D eigenvalue weighted by molar-refractivity contribution is 0.101. The van der Waals surface area contributed by atoms with Gasteiger partial charge in [0.05, 0.1) is 11.1 Å². The molecular formula is C24H16F4N4O2. The molecule has 2 heterocycles. The maximum atomic E-state index is 13.3. The minimum absolute atomic E-state index is 0.279. The fourth-order valence-corrected chi connectivity index (χ4v) is 2.60. The van der Waals surface area contributed by atoms with E-state index in [1.54, 1.807) is 36.4 Å². The third kappa shape index (κ3) is 6.22. The third-order valence-corrected chi connectivity index (χ3v) is 4.21. The lowest BCUT2D eigenvalue weighted by Gasteiger charge is -2.05. The number of rotatable bonds is 4. The van der Waals surface area contributed by atoms with E-state index in [2.05, 4.69) is 20.6 Å². The molecule has 172 valence electrons. The summed E-state index contributed by atoms with van der Waals surface area (Å²) >= 11 is 0. The zero-order valence-electron chi connectivity index (χ0n) is 17.3. The molecule has 0 saturated heterocycles. The molecule has 6 nitrogen and oxygen atoms in total. The van der Waals surface area contributed by atoms with Crippen molar-refractivity contribution in [1.82, 2.24) is 9.97 Å². The van der Waals surface area contributed by atoms with Crippen LogP contribution in [0.1, 0.15) is 20.7 Å². The van der Waals surface area contributed by atoms with Crippen LogP contribution in [-0.4, -0.2) is 21.8 Å². The van der Waals surface area contributed by atoms with E-state index in [4.69, 9.17) is 0 Å². The Bertz CT molecular complexity index is 1190. The summed E-state index contributed by atoms with van der Waals surface area (Å²) in [6.07, 6.45) is 2.97. The van der Waals surface area contributed by atoms with Crippen LogP contribution in [0.4, 0.5) is 29.2 Å². The van der Waals surface area contributed by atoms with Crippen molar-refractivity contribution >= 4 is 23.5 Å². The smallest absolute Gasteiger partial charge is 0.259 e. The van der Waals surface area contributed by atoms with Gasteiger partial charge in [0, 0.05) is 12.4 Å². The number of pyridine rings is 2. The Morgan fingerprint density at radius 3 is 1.32 bits per heavy atom. The van der Waals surface area contributed by atoms with Crippen LogP contribution in [0.3, 0.4) is 0 Å². The monoisotopic (exact) mass is 468 g/mol. The summed E-state index contributed by atoms with van der Waals surface area (Å²) in [7, 11) is 0. The van der Waals surface area contributed by atoms with Crippen molar-refractivity contribution in [1.29, 1.82) is 0 Å². The predicted octanol–water partition coefficient (Wildman–Crippen LogP) is 5.22. The van der Waals surface area contributed by atoms with Gasteiger partial charge < -0.3 is 10.6 Å². The molecule has 4 rings (SSSR count). The number of aromatic nitrogens is 2. The average Bonchev–Trinajstić information content (AvgIpc) is 2.84. The van der Waals surface area contributed by atoms with Gasteiger partial charge in [-0.1, -0.05) is 24.3 Å². The maximum Gasteiger partial charge on any atom is 0.259 e. The number of carbonyl (C=O) groups is 2. The van der Waals surface area contributed by atoms with Crippen molar-refractivity contribution < 1.29 is 27.2 Å². The van der Waals surface area contributed by atoms with Crippen LogP contribution in [0.2, 0.25) is 0 Å². The number of amides is 2. The zero-order chi connectivity index (χ0) is 24.5. The standard InChI is InChI=1S/2C12H8F2N2O/c2*13-9-5-3-4-8(11(9)14)12(17)16-10-6-1-2-7-15-10/h2*1-7H,(H,15,16,17). The minimum Gasteiger partial charge on any atom is -0.306 e. The van der Waals surface area contributed by atoms with Crippen LogP contribution in [0, 0.1) is 23.3 Å². The highest BCUT2D eigenvalue weighted by Gasteiger charge is 2.16. The Morgan fingerprint density at radius 1 is 0.559 bits per heavy atom. The molecular weight excluding hydrogens is 452 g/mol. The number of nitrogens with one attached hydrogen (secondary N) is 2. The summed E-state index contributed by atoms with van der Waals surface area (Å²) in [4.78, 5) is 31.0. The first-order chi connectivity index (χ1) is 16.4. The van der Waals surface area contributed by atoms with Crippen LogP contribution in [0.25, 0.3) is 0 Å². The van der Waals surface area contributed by atoms with Crippen molar-refractivity contribution in [2.75, 3.05) is 10.6 Å². The third-order valence-electron chi connectivity index (χ3n) is 4.21. The first kappa shape index (κ1) is 24.1. The van der Waals surface area contributed by atoms with E-state index in [0.717, 1.165) is 12.1 Å². The molecule has 2 aromatic heterocycles. The van der Waals surface area contributed by atoms with E-state index in [1.165, 1.54) is 36.7 Å². The topological polar surface area (TPSA) is 84.0 Å². The van der Waals surface area contributed by atoms with Gasteiger partial charge in [-0.15, -0.1) is 0 Å². The van der Waals surface area contributed by atoms with Crippen molar-refractivity contribution in [3.63, 3.8) is 0 Å². The SMILES string of the molecule is O=C(Nc1ccccn1)c1cccc(F)c1F.O=C(Nc1ccccn1)c1cccc(F)c1F. The first-order valence-electron chi connectivity index (χ1n) is 9.69. The molecule has 0 bridgehead atoms. The zero-order valence-corrected chi connectivity index (χ0v) is 17.3. The molecule has 0 fully saturated rings. The largest absolute Gasteiger partial charge is 0.306 e. The second-order valence-electron chi connectivity index (χ2n) is 6.54.